The van der Waals surface area contributed by atoms with Gasteiger partial charge < -0.3 is 30.3 Å². The number of hydrogen-bond donors (Lipinski definition) is 3. The van der Waals surface area contributed by atoms with Gasteiger partial charge in [-0.25, -0.2) is 24.2 Å². The molecule has 15 heteroatoms. The van der Waals surface area contributed by atoms with E-state index in [9.17, 15) is 9.59 Å². The van der Waals surface area contributed by atoms with Crippen molar-refractivity contribution in [2.45, 2.75) is 154 Å². The molecule has 0 saturated carbocycles. The van der Waals surface area contributed by atoms with Crippen molar-refractivity contribution in [1.82, 2.24) is 39.5 Å². The van der Waals surface area contributed by atoms with E-state index in [0.717, 1.165) is 96.2 Å². The number of carbonyl (C=O) groups excluding carboxylic acids is 2. The van der Waals surface area contributed by atoms with Crippen LogP contribution in [0.3, 0.4) is 0 Å². The van der Waals surface area contributed by atoms with Crippen LogP contribution in [0.5, 0.6) is 0 Å². The summed E-state index contributed by atoms with van der Waals surface area (Å²) in [5.41, 5.74) is 1.87. The maximum absolute atomic E-state index is 13.3. The monoisotopic (exact) mass is 815 g/mol. The molecule has 15 nitrogen and oxygen atoms in total. The van der Waals surface area contributed by atoms with Crippen LogP contribution in [-0.2, 0) is 9.47 Å². The Labute approximate surface area is 351 Å². The Morgan fingerprint density at radius 1 is 0.783 bits per heavy atom. The largest absolute Gasteiger partial charge is 0.444 e. The fourth-order valence-corrected chi connectivity index (χ4v) is 10.1. The normalized spacial score (nSPS) is 25.1. The van der Waals surface area contributed by atoms with Crippen molar-refractivity contribution in [2.75, 3.05) is 16.0 Å². The van der Waals surface area contributed by atoms with Gasteiger partial charge in [-0.05, 0) is 131 Å². The third-order valence-electron chi connectivity index (χ3n) is 12.4. The van der Waals surface area contributed by atoms with E-state index in [4.69, 9.17) is 34.5 Å². The van der Waals surface area contributed by atoms with E-state index in [0.29, 0.717) is 11.6 Å². The SMILES string of the molecule is Cc1cc(Nc2cc3ncccc3c(N[C@H]3C[C@@H]4CC[C@](C)(C3)N4C(=O)OC(C)(C)C)n2)nn1-c1cnc(N[C@@H]2C[C@H]3CC[C@@H](C2)N3C(=O)OC(C)(C)C)c2cccnc12. The van der Waals surface area contributed by atoms with Gasteiger partial charge in [-0.15, -0.1) is 5.10 Å². The molecule has 3 N–H and O–H groups in total. The van der Waals surface area contributed by atoms with E-state index in [1.165, 1.54) is 0 Å². The highest BCUT2D eigenvalue weighted by molar-refractivity contribution is 5.94. The second kappa shape index (κ2) is 14.8. The fraction of sp³-hybridized carbons (Fsp3) is 0.533. The highest BCUT2D eigenvalue weighted by Crippen LogP contribution is 2.46. The second-order valence-electron chi connectivity index (χ2n) is 19.4. The Kier molecular flexibility index (Phi) is 9.78. The lowest BCUT2D eigenvalue weighted by Crippen LogP contribution is -2.57. The number of aryl methyl sites for hydroxylation is 1. The lowest BCUT2D eigenvalue weighted by molar-refractivity contribution is -0.0118. The summed E-state index contributed by atoms with van der Waals surface area (Å²) in [6.07, 6.45) is 12.1. The van der Waals surface area contributed by atoms with Crippen LogP contribution in [0.4, 0.5) is 32.9 Å². The summed E-state index contributed by atoms with van der Waals surface area (Å²) >= 11 is 0. The molecule has 4 aliphatic heterocycles. The molecule has 0 aromatic carbocycles. The molecule has 5 aromatic heterocycles. The Hall–Kier alpha value is -5.73. The van der Waals surface area contributed by atoms with Gasteiger partial charge in [-0.2, -0.15) is 0 Å². The molecule has 9 rings (SSSR count). The van der Waals surface area contributed by atoms with Crippen molar-refractivity contribution < 1.29 is 19.1 Å². The van der Waals surface area contributed by atoms with Crippen LogP contribution in [0.2, 0.25) is 0 Å². The second-order valence-corrected chi connectivity index (χ2v) is 19.4. The zero-order valence-electron chi connectivity index (χ0n) is 36.0. The molecule has 6 atom stereocenters. The van der Waals surface area contributed by atoms with Crippen molar-refractivity contribution >= 4 is 57.3 Å². The van der Waals surface area contributed by atoms with Gasteiger partial charge in [-0.3, -0.25) is 14.9 Å². The lowest BCUT2D eigenvalue weighted by atomic mass is 9.87. The maximum atomic E-state index is 13.3. The van der Waals surface area contributed by atoms with Crippen LogP contribution in [0, 0.1) is 6.92 Å². The molecule has 0 aliphatic carbocycles. The molecule has 60 heavy (non-hydrogen) atoms. The van der Waals surface area contributed by atoms with Crippen LogP contribution in [0.25, 0.3) is 27.5 Å². The van der Waals surface area contributed by atoms with Gasteiger partial charge in [0, 0.05) is 76.7 Å². The first-order valence-electron chi connectivity index (χ1n) is 21.4. The minimum atomic E-state index is -0.547. The van der Waals surface area contributed by atoms with Gasteiger partial charge in [0.05, 0.1) is 11.7 Å². The number of hydrogen-bond acceptors (Lipinski definition) is 12. The van der Waals surface area contributed by atoms with E-state index in [2.05, 4.69) is 22.9 Å². The van der Waals surface area contributed by atoms with Gasteiger partial charge in [-0.1, -0.05) is 0 Å². The Bertz CT molecular complexity index is 2440. The van der Waals surface area contributed by atoms with E-state index in [1.807, 2.05) is 106 Å². The summed E-state index contributed by atoms with van der Waals surface area (Å²) in [5.74, 6) is 2.74. The molecule has 316 valence electrons. The Morgan fingerprint density at radius 2 is 1.45 bits per heavy atom. The molecule has 5 aromatic rings. The number of rotatable bonds is 7. The molecular weight excluding hydrogens is 759 g/mol. The molecular formula is C45H57N11O4. The van der Waals surface area contributed by atoms with Gasteiger partial charge in [0.25, 0.3) is 0 Å². The predicted molar refractivity (Wildman–Crippen MR) is 232 cm³/mol. The summed E-state index contributed by atoms with van der Waals surface area (Å²) in [6.45, 7) is 15.7. The number of piperidine rings is 2. The third-order valence-corrected chi connectivity index (χ3v) is 12.4. The van der Waals surface area contributed by atoms with Crippen LogP contribution in [-0.4, -0.2) is 98.7 Å². The van der Waals surface area contributed by atoms with E-state index in [-0.39, 0.29) is 47.9 Å². The number of fused-ring (bicyclic) bond motifs is 6. The van der Waals surface area contributed by atoms with E-state index < -0.39 is 11.2 Å². The van der Waals surface area contributed by atoms with Crippen LogP contribution >= 0.6 is 0 Å². The minimum absolute atomic E-state index is 0.0952. The zero-order valence-corrected chi connectivity index (χ0v) is 36.0. The van der Waals surface area contributed by atoms with Crippen LogP contribution < -0.4 is 16.0 Å². The average molecular weight is 816 g/mol. The Morgan fingerprint density at radius 3 is 2.17 bits per heavy atom. The summed E-state index contributed by atoms with van der Waals surface area (Å²) < 4.78 is 13.5. The molecule has 4 fully saturated rings. The highest BCUT2D eigenvalue weighted by atomic mass is 16.6. The van der Waals surface area contributed by atoms with Gasteiger partial charge >= 0.3 is 12.2 Å². The topological polar surface area (TPSA) is 165 Å². The number of nitrogens with one attached hydrogen (secondary N) is 3. The number of carbonyl (C=O) groups is 2. The van der Waals surface area contributed by atoms with Gasteiger partial charge in [0.15, 0.2) is 5.82 Å². The molecule has 0 unspecified atom stereocenters. The predicted octanol–water partition coefficient (Wildman–Crippen LogP) is 8.89. The standard InChI is InChI=1S/C45H57N11O4/c1-26-19-37(51-36-23-34-32(11-9-17-46-34)40(52-36)50-28-22-31-15-16-45(8,24-28)55(31)42(58)60-44(5,6)7)53-56(26)35-25-48-39(33-12-10-18-47-38(33)35)49-27-20-29-13-14-30(21-27)54(29)41(57)59-43(2,3)4/h9-12,17-19,23,25,27-31H,13-16,20-22,24H2,1-8H3,(H,48,49)(H2,50,51,52,53)/t27-,28-,29-,30+,31-,45+/m0/s1. The molecule has 4 bridgehead atoms. The third kappa shape index (κ3) is 7.74. The molecule has 2 amide bonds. The van der Waals surface area contributed by atoms with Crippen molar-refractivity contribution in [1.29, 1.82) is 0 Å². The highest BCUT2D eigenvalue weighted by Gasteiger charge is 2.52. The zero-order chi connectivity index (χ0) is 42.1. The smallest absolute Gasteiger partial charge is 0.410 e. The minimum Gasteiger partial charge on any atom is -0.444 e. The molecule has 0 spiro atoms. The first-order chi connectivity index (χ1) is 28.5. The number of pyridine rings is 4. The first kappa shape index (κ1) is 39.7. The van der Waals surface area contributed by atoms with Crippen molar-refractivity contribution in [3.8, 4) is 5.69 Å². The number of nitrogens with zero attached hydrogens (tertiary/aromatic N) is 8. The fourth-order valence-electron chi connectivity index (χ4n) is 10.1. The van der Waals surface area contributed by atoms with Gasteiger partial charge in [0.2, 0.25) is 0 Å². The molecule has 9 heterocycles. The van der Waals surface area contributed by atoms with Crippen molar-refractivity contribution in [3.63, 3.8) is 0 Å². The number of aromatic nitrogens is 6. The lowest BCUT2D eigenvalue weighted by Gasteiger charge is -2.46. The number of anilines is 4. The van der Waals surface area contributed by atoms with Crippen molar-refractivity contribution in [2.24, 2.45) is 0 Å². The van der Waals surface area contributed by atoms with Gasteiger partial charge in [0.1, 0.15) is 39.9 Å². The van der Waals surface area contributed by atoms with Crippen molar-refractivity contribution in [3.05, 3.63) is 60.7 Å². The van der Waals surface area contributed by atoms with Crippen LogP contribution in [0.15, 0.2) is 55.0 Å². The van der Waals surface area contributed by atoms with E-state index in [1.54, 1.807) is 12.4 Å². The average Bonchev–Trinajstić information content (AvgIpc) is 3.74. The number of ether oxygens (including phenoxy) is 2. The molecule has 4 saturated heterocycles. The van der Waals surface area contributed by atoms with E-state index >= 15 is 0 Å². The van der Waals surface area contributed by atoms with Crippen LogP contribution in [0.1, 0.15) is 106 Å². The quantitative estimate of drug-likeness (QED) is 0.143. The maximum Gasteiger partial charge on any atom is 0.410 e. The molecule has 4 aliphatic rings. The molecule has 0 radical (unpaired) electrons. The summed E-state index contributed by atoms with van der Waals surface area (Å²) in [5, 5.41) is 17.8. The first-order valence-corrected chi connectivity index (χ1v) is 21.4. The summed E-state index contributed by atoms with van der Waals surface area (Å²) in [6, 6.07) is 12.5. The summed E-state index contributed by atoms with van der Waals surface area (Å²) in [4.78, 5) is 49.9. The summed E-state index contributed by atoms with van der Waals surface area (Å²) in [7, 11) is 0. The number of amides is 2. The Balaban J connectivity index is 0.929.